The topological polar surface area (TPSA) is 73.0 Å². The molecule has 142 valence electrons. The van der Waals surface area contributed by atoms with E-state index in [0.717, 1.165) is 9.36 Å². The normalized spacial score (nSPS) is 11.5. The van der Waals surface area contributed by atoms with Gasteiger partial charge in [-0.3, -0.25) is 4.79 Å². The fourth-order valence-corrected chi connectivity index (χ4v) is 3.05. The molecular formula is C16H14F3N5O2S. The molecule has 2 heterocycles. The van der Waals surface area contributed by atoms with Crippen LogP contribution in [-0.2, 0) is 17.9 Å². The largest absolute Gasteiger partial charge is 0.406 e. The van der Waals surface area contributed by atoms with Crippen molar-refractivity contribution in [3.05, 3.63) is 63.9 Å². The van der Waals surface area contributed by atoms with E-state index in [1.165, 1.54) is 11.3 Å². The molecule has 0 saturated heterocycles. The molecule has 1 amide bonds. The van der Waals surface area contributed by atoms with Crippen molar-refractivity contribution < 1.29 is 18.0 Å². The molecule has 2 aromatic heterocycles. The number of hydrogen-bond acceptors (Lipinski definition) is 5. The minimum Gasteiger partial charge on any atom is -0.328 e. The molecule has 0 radical (unpaired) electrons. The highest BCUT2D eigenvalue weighted by molar-refractivity contribution is 7.12. The summed E-state index contributed by atoms with van der Waals surface area (Å²) in [7, 11) is 0. The van der Waals surface area contributed by atoms with Crippen LogP contribution < -0.4 is 5.69 Å². The van der Waals surface area contributed by atoms with E-state index in [9.17, 15) is 22.8 Å². The van der Waals surface area contributed by atoms with Gasteiger partial charge < -0.3 is 4.90 Å². The van der Waals surface area contributed by atoms with Gasteiger partial charge in [0.25, 0.3) is 0 Å². The smallest absolute Gasteiger partial charge is 0.328 e. The van der Waals surface area contributed by atoms with Gasteiger partial charge in [0, 0.05) is 6.54 Å². The van der Waals surface area contributed by atoms with E-state index in [0.29, 0.717) is 15.5 Å². The van der Waals surface area contributed by atoms with Crippen LogP contribution in [0.15, 0.2) is 52.6 Å². The van der Waals surface area contributed by atoms with Gasteiger partial charge in [0.2, 0.25) is 5.91 Å². The van der Waals surface area contributed by atoms with Crippen LogP contribution in [-0.4, -0.2) is 43.3 Å². The molecule has 0 unspecified atom stereocenters. The van der Waals surface area contributed by atoms with Gasteiger partial charge in [0.15, 0.2) is 0 Å². The molecule has 3 rings (SSSR count). The van der Waals surface area contributed by atoms with Crippen LogP contribution in [0.4, 0.5) is 13.2 Å². The number of alkyl halides is 3. The predicted octanol–water partition coefficient (Wildman–Crippen LogP) is 2.08. The first-order chi connectivity index (χ1) is 12.8. The monoisotopic (exact) mass is 397 g/mol. The van der Waals surface area contributed by atoms with Crippen LogP contribution in [0.2, 0.25) is 0 Å². The van der Waals surface area contributed by atoms with Crippen molar-refractivity contribution >= 4 is 17.2 Å². The van der Waals surface area contributed by atoms with Crippen LogP contribution in [0, 0.1) is 0 Å². The van der Waals surface area contributed by atoms with E-state index in [4.69, 9.17) is 0 Å². The lowest BCUT2D eigenvalue weighted by Gasteiger charge is -2.23. The Labute approximate surface area is 155 Å². The number of thiophene rings is 1. The number of carbonyl (C=O) groups is 1. The third-order valence-electron chi connectivity index (χ3n) is 3.58. The van der Waals surface area contributed by atoms with E-state index >= 15 is 0 Å². The van der Waals surface area contributed by atoms with Gasteiger partial charge in [-0.05, 0) is 33.5 Å². The zero-order chi connectivity index (χ0) is 19.4. The summed E-state index contributed by atoms with van der Waals surface area (Å²) < 4.78 is 40.4. The van der Waals surface area contributed by atoms with E-state index < -0.39 is 30.9 Å². The molecule has 0 spiro atoms. The second-order valence-corrected chi connectivity index (χ2v) is 6.56. The summed E-state index contributed by atoms with van der Waals surface area (Å²) in [4.78, 5) is 25.4. The van der Waals surface area contributed by atoms with Crippen LogP contribution in [0.25, 0.3) is 5.00 Å². The number of rotatable bonds is 6. The lowest BCUT2D eigenvalue weighted by molar-refractivity contribution is -0.163. The van der Waals surface area contributed by atoms with E-state index in [1.54, 1.807) is 47.8 Å². The molecule has 0 aliphatic heterocycles. The Morgan fingerprint density at radius 3 is 2.48 bits per heavy atom. The maximum Gasteiger partial charge on any atom is 0.406 e. The Kier molecular flexibility index (Phi) is 5.40. The Morgan fingerprint density at radius 2 is 1.85 bits per heavy atom. The molecule has 27 heavy (non-hydrogen) atoms. The van der Waals surface area contributed by atoms with Crippen molar-refractivity contribution in [3.8, 4) is 5.00 Å². The number of tetrazole rings is 1. The van der Waals surface area contributed by atoms with E-state index in [2.05, 4.69) is 10.4 Å². The zero-order valence-corrected chi connectivity index (χ0v) is 14.7. The SMILES string of the molecule is O=C(Cn1nnn(-c2cccs2)c1=O)N(Cc1ccccc1)CC(F)(F)F. The van der Waals surface area contributed by atoms with Gasteiger partial charge >= 0.3 is 11.9 Å². The molecule has 0 fully saturated rings. The summed E-state index contributed by atoms with van der Waals surface area (Å²) in [5.41, 5.74) is -0.151. The fraction of sp³-hybridized carbons (Fsp3) is 0.250. The average Bonchev–Trinajstić information content (AvgIpc) is 3.25. The lowest BCUT2D eigenvalue weighted by atomic mass is 10.2. The van der Waals surface area contributed by atoms with Crippen LogP contribution in [0.3, 0.4) is 0 Å². The fourth-order valence-electron chi connectivity index (χ4n) is 2.38. The maximum atomic E-state index is 12.9. The highest BCUT2D eigenvalue weighted by atomic mass is 32.1. The Balaban J connectivity index is 1.79. The Morgan fingerprint density at radius 1 is 1.11 bits per heavy atom. The molecule has 11 heteroatoms. The van der Waals surface area contributed by atoms with Gasteiger partial charge in [0.05, 0.1) is 0 Å². The summed E-state index contributed by atoms with van der Waals surface area (Å²) in [5, 5.41) is 9.48. The minimum atomic E-state index is -4.57. The Hall–Kier alpha value is -2.95. The Bertz CT molecular complexity index is 951. The van der Waals surface area contributed by atoms with Crippen molar-refractivity contribution in [2.45, 2.75) is 19.3 Å². The molecule has 0 N–H and O–H groups in total. The lowest BCUT2D eigenvalue weighted by Crippen LogP contribution is -2.41. The van der Waals surface area contributed by atoms with Crippen molar-refractivity contribution in [2.75, 3.05) is 6.54 Å². The number of benzene rings is 1. The van der Waals surface area contributed by atoms with Gasteiger partial charge in [-0.1, -0.05) is 30.3 Å². The molecule has 0 atom stereocenters. The van der Waals surface area contributed by atoms with Crippen LogP contribution in [0.5, 0.6) is 0 Å². The summed E-state index contributed by atoms with van der Waals surface area (Å²) in [5.74, 6) is -0.878. The number of nitrogens with zero attached hydrogens (tertiary/aromatic N) is 5. The first-order valence-electron chi connectivity index (χ1n) is 7.78. The number of amides is 1. The zero-order valence-electron chi connectivity index (χ0n) is 13.8. The molecule has 0 bridgehead atoms. The highest BCUT2D eigenvalue weighted by Crippen LogP contribution is 2.18. The minimum absolute atomic E-state index is 0.229. The van der Waals surface area contributed by atoms with Gasteiger partial charge in [-0.15, -0.1) is 11.3 Å². The molecular weight excluding hydrogens is 383 g/mol. The molecule has 0 aliphatic rings. The second kappa shape index (κ2) is 7.74. The summed E-state index contributed by atoms with van der Waals surface area (Å²) in [6.07, 6.45) is -4.57. The third kappa shape index (κ3) is 4.82. The average molecular weight is 397 g/mol. The van der Waals surface area contributed by atoms with E-state index in [-0.39, 0.29) is 6.54 Å². The quantitative estimate of drug-likeness (QED) is 0.639. The standard InChI is InChI=1S/C16H14F3N5O2S/c17-16(18,19)11-22(9-12-5-2-1-3-6-12)13(25)10-23-15(26)24(21-20-23)14-7-4-8-27-14/h1-8H,9-11H2. The number of carbonyl (C=O) groups excluding carboxylic acids is 1. The van der Waals surface area contributed by atoms with Crippen LogP contribution >= 0.6 is 11.3 Å². The van der Waals surface area contributed by atoms with Crippen molar-refractivity contribution in [3.63, 3.8) is 0 Å². The van der Waals surface area contributed by atoms with Crippen LogP contribution in [0.1, 0.15) is 5.56 Å². The first-order valence-corrected chi connectivity index (χ1v) is 8.66. The van der Waals surface area contributed by atoms with Crippen molar-refractivity contribution in [1.29, 1.82) is 0 Å². The van der Waals surface area contributed by atoms with Gasteiger partial charge in [-0.25, -0.2) is 4.79 Å². The first kappa shape index (κ1) is 18.8. The third-order valence-corrected chi connectivity index (χ3v) is 4.42. The van der Waals surface area contributed by atoms with Crippen molar-refractivity contribution in [2.24, 2.45) is 0 Å². The number of hydrogen-bond donors (Lipinski definition) is 0. The molecule has 3 aromatic rings. The molecule has 1 aromatic carbocycles. The highest BCUT2D eigenvalue weighted by Gasteiger charge is 2.33. The number of halogens is 3. The summed E-state index contributed by atoms with van der Waals surface area (Å²) in [6.45, 7) is -2.28. The second-order valence-electron chi connectivity index (χ2n) is 5.63. The summed E-state index contributed by atoms with van der Waals surface area (Å²) >= 11 is 1.24. The van der Waals surface area contributed by atoms with E-state index in [1.807, 2.05) is 0 Å². The summed E-state index contributed by atoms with van der Waals surface area (Å²) in [6, 6.07) is 11.7. The van der Waals surface area contributed by atoms with Gasteiger partial charge in [0.1, 0.15) is 18.1 Å². The number of aromatic nitrogens is 4. The molecule has 0 aliphatic carbocycles. The van der Waals surface area contributed by atoms with Gasteiger partial charge in [-0.2, -0.15) is 22.5 Å². The predicted molar refractivity (Wildman–Crippen MR) is 91.4 cm³/mol. The maximum absolute atomic E-state index is 12.9. The molecule has 0 saturated carbocycles. The molecule has 7 nitrogen and oxygen atoms in total. The van der Waals surface area contributed by atoms with Crippen molar-refractivity contribution in [1.82, 2.24) is 24.7 Å².